The summed E-state index contributed by atoms with van der Waals surface area (Å²) >= 11 is 0. The average molecular weight is 304 g/mol. The molecule has 23 heavy (non-hydrogen) atoms. The van der Waals surface area contributed by atoms with E-state index in [1.807, 2.05) is 0 Å². The Morgan fingerprint density at radius 2 is 1.91 bits per heavy atom. The molecule has 2 aromatic carbocycles. The molecule has 0 amide bonds. The molecule has 0 spiro atoms. The van der Waals surface area contributed by atoms with E-state index in [9.17, 15) is 14.7 Å². The fraction of sp³-hybridized carbons (Fsp3) is 0.0526. The number of carbonyl (C=O) groups excluding carboxylic acids is 1. The maximum absolute atomic E-state index is 12.5. The van der Waals surface area contributed by atoms with E-state index in [-0.39, 0.29) is 17.0 Å². The standard InChI is InChI=1S/C19H12O4/c20-14-5-6-15-11(9-14)7-12(18(15)21)8-13-10-23-17-4-2-1-3-16(17)19(13)22/h1-6,8-10,20H,7H2/b12-8+. The predicted molar refractivity (Wildman–Crippen MR) is 86.6 cm³/mol. The molecule has 4 nitrogen and oxygen atoms in total. The van der Waals surface area contributed by atoms with Crippen molar-refractivity contribution in [3.8, 4) is 5.75 Å². The molecule has 3 aromatic rings. The van der Waals surface area contributed by atoms with E-state index in [2.05, 4.69) is 0 Å². The number of phenols is 1. The molecule has 1 aromatic heterocycles. The van der Waals surface area contributed by atoms with Crippen LogP contribution in [0.4, 0.5) is 0 Å². The fourth-order valence-corrected chi connectivity index (χ4v) is 2.90. The van der Waals surface area contributed by atoms with Crippen LogP contribution in [-0.4, -0.2) is 10.9 Å². The molecule has 1 heterocycles. The number of allylic oxidation sites excluding steroid dienone is 1. The van der Waals surface area contributed by atoms with Crippen molar-refractivity contribution in [2.45, 2.75) is 6.42 Å². The lowest BCUT2D eigenvalue weighted by molar-refractivity contribution is 0.104. The third-order valence-corrected chi connectivity index (χ3v) is 4.04. The lowest BCUT2D eigenvalue weighted by atomic mass is 10.1. The van der Waals surface area contributed by atoms with Gasteiger partial charge in [-0.3, -0.25) is 9.59 Å². The van der Waals surface area contributed by atoms with Crippen molar-refractivity contribution in [1.29, 1.82) is 0 Å². The molecule has 4 heteroatoms. The topological polar surface area (TPSA) is 67.5 Å². The van der Waals surface area contributed by atoms with Gasteiger partial charge in [0, 0.05) is 17.6 Å². The molecule has 1 aliphatic carbocycles. The van der Waals surface area contributed by atoms with E-state index in [1.54, 1.807) is 42.5 Å². The second kappa shape index (κ2) is 4.95. The van der Waals surface area contributed by atoms with E-state index in [0.29, 0.717) is 34.1 Å². The molecule has 1 aliphatic rings. The molecule has 0 saturated carbocycles. The quantitative estimate of drug-likeness (QED) is 0.700. The van der Waals surface area contributed by atoms with Crippen molar-refractivity contribution in [1.82, 2.24) is 0 Å². The number of para-hydroxylation sites is 1. The number of hydrogen-bond donors (Lipinski definition) is 1. The molecule has 0 bridgehead atoms. The number of phenolic OH excluding ortho intramolecular Hbond substituents is 1. The van der Waals surface area contributed by atoms with Crippen molar-refractivity contribution < 1.29 is 14.3 Å². The van der Waals surface area contributed by atoms with Crippen LogP contribution in [0, 0.1) is 0 Å². The first-order valence-corrected chi connectivity index (χ1v) is 7.21. The number of aromatic hydroxyl groups is 1. The zero-order valence-electron chi connectivity index (χ0n) is 12.1. The Hall–Kier alpha value is -3.14. The van der Waals surface area contributed by atoms with Crippen LogP contribution in [0.3, 0.4) is 0 Å². The summed E-state index contributed by atoms with van der Waals surface area (Å²) in [6.07, 6.45) is 3.36. The highest BCUT2D eigenvalue weighted by Gasteiger charge is 2.25. The summed E-state index contributed by atoms with van der Waals surface area (Å²) in [6.45, 7) is 0. The van der Waals surface area contributed by atoms with Gasteiger partial charge in [0.15, 0.2) is 11.2 Å². The third kappa shape index (κ3) is 2.16. The van der Waals surface area contributed by atoms with Crippen molar-refractivity contribution in [2.24, 2.45) is 0 Å². The number of carbonyl (C=O) groups is 1. The first-order valence-electron chi connectivity index (χ1n) is 7.21. The minimum absolute atomic E-state index is 0.118. The minimum atomic E-state index is -0.161. The molecule has 0 atom stereocenters. The summed E-state index contributed by atoms with van der Waals surface area (Å²) in [5.74, 6) is 0.00979. The minimum Gasteiger partial charge on any atom is -0.508 e. The second-order valence-electron chi connectivity index (χ2n) is 5.53. The van der Waals surface area contributed by atoms with Crippen LogP contribution in [0.25, 0.3) is 17.0 Å². The van der Waals surface area contributed by atoms with Crippen molar-refractivity contribution in [3.05, 3.63) is 81.2 Å². The molecule has 0 aliphatic heterocycles. The van der Waals surface area contributed by atoms with Crippen LogP contribution in [0.5, 0.6) is 5.75 Å². The van der Waals surface area contributed by atoms with Gasteiger partial charge in [-0.2, -0.15) is 0 Å². The Kier molecular flexibility index (Phi) is 2.91. The summed E-state index contributed by atoms with van der Waals surface area (Å²) in [5.41, 5.74) is 2.57. The van der Waals surface area contributed by atoms with Crippen LogP contribution in [0.15, 0.2) is 63.5 Å². The third-order valence-electron chi connectivity index (χ3n) is 4.04. The molecule has 112 valence electrons. The molecular weight excluding hydrogens is 292 g/mol. The van der Waals surface area contributed by atoms with Gasteiger partial charge in [-0.15, -0.1) is 0 Å². The SMILES string of the molecule is O=C1/C(=C/c2coc3ccccc3c2=O)Cc2cc(O)ccc21. The Morgan fingerprint density at radius 3 is 2.78 bits per heavy atom. The first kappa shape index (κ1) is 13.5. The maximum atomic E-state index is 12.5. The number of hydrogen-bond acceptors (Lipinski definition) is 4. The molecule has 0 unspecified atom stereocenters. The Labute approximate surface area is 131 Å². The lowest BCUT2D eigenvalue weighted by Gasteiger charge is -1.99. The molecule has 0 fully saturated rings. The molecule has 1 N–H and O–H groups in total. The molecule has 4 rings (SSSR count). The van der Waals surface area contributed by atoms with Crippen LogP contribution in [0.2, 0.25) is 0 Å². The largest absolute Gasteiger partial charge is 0.508 e. The van der Waals surface area contributed by atoms with Gasteiger partial charge in [0.25, 0.3) is 0 Å². The van der Waals surface area contributed by atoms with Gasteiger partial charge in [-0.05, 0) is 42.0 Å². The van der Waals surface area contributed by atoms with Crippen molar-refractivity contribution in [3.63, 3.8) is 0 Å². The number of benzene rings is 2. The van der Waals surface area contributed by atoms with Gasteiger partial charge >= 0.3 is 0 Å². The van der Waals surface area contributed by atoms with Crippen LogP contribution >= 0.6 is 0 Å². The zero-order chi connectivity index (χ0) is 16.0. The van der Waals surface area contributed by atoms with Crippen LogP contribution in [-0.2, 0) is 6.42 Å². The van der Waals surface area contributed by atoms with Gasteiger partial charge < -0.3 is 9.52 Å². The van der Waals surface area contributed by atoms with Gasteiger partial charge in [0.2, 0.25) is 0 Å². The van der Waals surface area contributed by atoms with E-state index in [4.69, 9.17) is 4.42 Å². The number of rotatable bonds is 1. The Bertz CT molecular complexity index is 1040. The summed E-state index contributed by atoms with van der Waals surface area (Å²) in [7, 11) is 0. The van der Waals surface area contributed by atoms with Crippen molar-refractivity contribution >= 4 is 22.8 Å². The lowest BCUT2D eigenvalue weighted by Crippen LogP contribution is -2.06. The highest BCUT2D eigenvalue weighted by atomic mass is 16.3. The zero-order valence-corrected chi connectivity index (χ0v) is 12.1. The molecular formula is C19H12O4. The Morgan fingerprint density at radius 1 is 1.09 bits per heavy atom. The Balaban J connectivity index is 1.82. The molecule has 0 saturated heterocycles. The van der Waals surface area contributed by atoms with E-state index < -0.39 is 0 Å². The highest BCUT2D eigenvalue weighted by Crippen LogP contribution is 2.30. The number of fused-ring (bicyclic) bond motifs is 2. The summed E-state index contributed by atoms with van der Waals surface area (Å²) in [4.78, 5) is 24.9. The normalized spacial score (nSPS) is 15.3. The second-order valence-corrected chi connectivity index (χ2v) is 5.53. The average Bonchev–Trinajstić information content (AvgIpc) is 2.86. The van der Waals surface area contributed by atoms with Gasteiger partial charge in [-0.25, -0.2) is 0 Å². The summed E-state index contributed by atoms with van der Waals surface area (Å²) in [5, 5.41) is 10.0. The summed E-state index contributed by atoms with van der Waals surface area (Å²) < 4.78 is 5.47. The maximum Gasteiger partial charge on any atom is 0.199 e. The fourth-order valence-electron chi connectivity index (χ4n) is 2.90. The molecule has 0 radical (unpaired) electrons. The van der Waals surface area contributed by atoms with E-state index >= 15 is 0 Å². The number of Topliss-reactive ketones (excluding diaryl/α,β-unsaturated/α-hetero) is 1. The highest BCUT2D eigenvalue weighted by molar-refractivity contribution is 6.15. The van der Waals surface area contributed by atoms with Gasteiger partial charge in [0.05, 0.1) is 10.9 Å². The van der Waals surface area contributed by atoms with Gasteiger partial charge in [-0.1, -0.05) is 12.1 Å². The monoisotopic (exact) mass is 304 g/mol. The van der Waals surface area contributed by atoms with Crippen molar-refractivity contribution in [2.75, 3.05) is 0 Å². The van der Waals surface area contributed by atoms with E-state index in [0.717, 1.165) is 5.56 Å². The first-order chi connectivity index (χ1) is 11.1. The van der Waals surface area contributed by atoms with Crippen LogP contribution in [0.1, 0.15) is 21.5 Å². The smallest absolute Gasteiger partial charge is 0.199 e. The predicted octanol–water partition coefficient (Wildman–Crippen LogP) is 3.32. The van der Waals surface area contributed by atoms with Crippen LogP contribution < -0.4 is 5.43 Å². The van der Waals surface area contributed by atoms with Gasteiger partial charge in [0.1, 0.15) is 17.6 Å². The summed E-state index contributed by atoms with van der Waals surface area (Å²) in [6, 6.07) is 11.7. The van der Waals surface area contributed by atoms with E-state index in [1.165, 1.54) is 12.3 Å². The number of ketones is 1.